The third-order valence-corrected chi connectivity index (χ3v) is 2.27. The van der Waals surface area contributed by atoms with Gasteiger partial charge in [0.15, 0.2) is 5.72 Å². The summed E-state index contributed by atoms with van der Waals surface area (Å²) in [5.41, 5.74) is -0.668. The van der Waals surface area contributed by atoms with Gasteiger partial charge in [0.05, 0.1) is 5.54 Å². The van der Waals surface area contributed by atoms with E-state index < -0.39 is 0 Å². The van der Waals surface area contributed by atoms with E-state index in [4.69, 9.17) is 10.1 Å². The molecule has 0 spiro atoms. The predicted octanol–water partition coefficient (Wildman–Crippen LogP) is 2.12. The second-order valence-electron chi connectivity index (χ2n) is 5.01. The summed E-state index contributed by atoms with van der Waals surface area (Å²) in [7, 11) is 0. The summed E-state index contributed by atoms with van der Waals surface area (Å²) in [6.45, 7) is 10.3. The predicted molar refractivity (Wildman–Crippen MR) is 53.9 cm³/mol. The molecule has 0 saturated carbocycles. The van der Waals surface area contributed by atoms with Gasteiger partial charge >= 0.3 is 0 Å². The lowest BCUT2D eigenvalue weighted by Crippen LogP contribution is -2.47. The molecule has 1 saturated heterocycles. The monoisotopic (exact) mass is 184 g/mol. The van der Waals surface area contributed by atoms with Crippen molar-refractivity contribution >= 4 is 5.90 Å². The van der Waals surface area contributed by atoms with Crippen LogP contribution in [0.15, 0.2) is 0 Å². The van der Waals surface area contributed by atoms with Crippen LogP contribution in [0.4, 0.5) is 0 Å². The number of hydrogen-bond acceptors (Lipinski definition) is 3. The average Bonchev–Trinajstić information content (AvgIpc) is 1.98. The van der Waals surface area contributed by atoms with Crippen LogP contribution in [-0.2, 0) is 4.74 Å². The highest BCUT2D eigenvalue weighted by Gasteiger charge is 2.45. The SMILES string of the molecule is CC(C)CC1(C)NC(C)(C)C(=N)O1. The van der Waals surface area contributed by atoms with E-state index in [1.807, 2.05) is 20.8 Å². The van der Waals surface area contributed by atoms with Crippen molar-refractivity contribution in [1.29, 1.82) is 5.41 Å². The van der Waals surface area contributed by atoms with Gasteiger partial charge in [-0.2, -0.15) is 0 Å². The Balaban J connectivity index is 2.71. The molecule has 0 aromatic rings. The lowest BCUT2D eigenvalue weighted by Gasteiger charge is -2.26. The van der Waals surface area contributed by atoms with Crippen molar-refractivity contribution in [1.82, 2.24) is 5.32 Å². The number of hydrogen-bond donors (Lipinski definition) is 2. The fourth-order valence-corrected chi connectivity index (χ4v) is 1.97. The second kappa shape index (κ2) is 2.98. The smallest absolute Gasteiger partial charge is 0.202 e. The Bertz CT molecular complexity index is 223. The van der Waals surface area contributed by atoms with Gasteiger partial charge in [0.2, 0.25) is 5.90 Å². The Morgan fingerprint density at radius 3 is 2.23 bits per heavy atom. The lowest BCUT2D eigenvalue weighted by molar-refractivity contribution is 0.0497. The van der Waals surface area contributed by atoms with Crippen LogP contribution in [0.3, 0.4) is 0 Å². The summed E-state index contributed by atoms with van der Waals surface area (Å²) in [6.07, 6.45) is 0.929. The second-order valence-corrected chi connectivity index (χ2v) is 5.01. The van der Waals surface area contributed by atoms with E-state index in [9.17, 15) is 0 Å². The minimum Gasteiger partial charge on any atom is -0.458 e. The van der Waals surface area contributed by atoms with Gasteiger partial charge in [0, 0.05) is 6.42 Å². The molecule has 1 fully saturated rings. The van der Waals surface area contributed by atoms with Crippen molar-refractivity contribution in [3.63, 3.8) is 0 Å². The molecule has 3 heteroatoms. The van der Waals surface area contributed by atoms with Gasteiger partial charge in [-0.25, -0.2) is 0 Å². The van der Waals surface area contributed by atoms with Gasteiger partial charge in [-0.1, -0.05) is 13.8 Å². The van der Waals surface area contributed by atoms with Crippen molar-refractivity contribution in [2.75, 3.05) is 0 Å². The minimum absolute atomic E-state index is 0.316. The summed E-state index contributed by atoms with van der Waals surface area (Å²) in [6, 6.07) is 0. The molecule has 0 aromatic heterocycles. The zero-order valence-corrected chi connectivity index (χ0v) is 9.19. The van der Waals surface area contributed by atoms with E-state index in [2.05, 4.69) is 19.2 Å². The highest BCUT2D eigenvalue weighted by molar-refractivity contribution is 5.84. The molecular formula is C10H20N2O. The molecule has 1 unspecified atom stereocenters. The van der Waals surface area contributed by atoms with Crippen LogP contribution in [0.5, 0.6) is 0 Å². The van der Waals surface area contributed by atoms with Crippen LogP contribution in [0.2, 0.25) is 0 Å². The molecule has 1 rings (SSSR count). The summed E-state index contributed by atoms with van der Waals surface area (Å²) in [4.78, 5) is 0. The zero-order valence-electron chi connectivity index (χ0n) is 9.19. The van der Waals surface area contributed by atoms with E-state index in [1.54, 1.807) is 0 Å². The molecular weight excluding hydrogens is 164 g/mol. The van der Waals surface area contributed by atoms with Crippen molar-refractivity contribution < 1.29 is 4.74 Å². The maximum absolute atomic E-state index is 7.67. The topological polar surface area (TPSA) is 45.1 Å². The van der Waals surface area contributed by atoms with E-state index in [0.29, 0.717) is 11.8 Å². The lowest BCUT2D eigenvalue weighted by atomic mass is 10.00. The van der Waals surface area contributed by atoms with Crippen LogP contribution in [0.25, 0.3) is 0 Å². The average molecular weight is 184 g/mol. The first-order valence-electron chi connectivity index (χ1n) is 4.82. The quantitative estimate of drug-likeness (QED) is 0.690. The van der Waals surface area contributed by atoms with Crippen LogP contribution in [-0.4, -0.2) is 17.2 Å². The Morgan fingerprint density at radius 2 is 1.92 bits per heavy atom. The summed E-state index contributed by atoms with van der Waals surface area (Å²) in [5, 5.41) is 11.0. The van der Waals surface area contributed by atoms with Crippen LogP contribution < -0.4 is 5.32 Å². The molecule has 0 amide bonds. The molecule has 1 aliphatic heterocycles. The molecule has 76 valence electrons. The number of rotatable bonds is 2. The van der Waals surface area contributed by atoms with Crippen LogP contribution in [0.1, 0.15) is 41.0 Å². The maximum Gasteiger partial charge on any atom is 0.202 e. The molecule has 2 N–H and O–H groups in total. The first kappa shape index (κ1) is 10.5. The normalized spacial score (nSPS) is 32.3. The van der Waals surface area contributed by atoms with E-state index in [0.717, 1.165) is 6.42 Å². The van der Waals surface area contributed by atoms with Crippen molar-refractivity contribution in [2.45, 2.75) is 52.3 Å². The highest BCUT2D eigenvalue weighted by Crippen LogP contribution is 2.29. The van der Waals surface area contributed by atoms with Crippen LogP contribution >= 0.6 is 0 Å². The van der Waals surface area contributed by atoms with Crippen molar-refractivity contribution in [3.05, 3.63) is 0 Å². The molecule has 0 radical (unpaired) electrons. The van der Waals surface area contributed by atoms with Gasteiger partial charge in [0.1, 0.15) is 0 Å². The van der Waals surface area contributed by atoms with E-state index >= 15 is 0 Å². The molecule has 3 nitrogen and oxygen atoms in total. The standard InChI is InChI=1S/C10H20N2O/c1-7(2)6-10(5)12-9(3,4)8(11)13-10/h7,11-12H,6H2,1-5H3. The number of nitrogens with one attached hydrogen (secondary N) is 2. The van der Waals surface area contributed by atoms with Gasteiger partial charge in [-0.05, 0) is 26.7 Å². The Labute approximate surface area is 80.4 Å². The van der Waals surface area contributed by atoms with Crippen molar-refractivity contribution in [3.8, 4) is 0 Å². The van der Waals surface area contributed by atoms with Crippen molar-refractivity contribution in [2.24, 2.45) is 5.92 Å². The fourth-order valence-electron chi connectivity index (χ4n) is 1.97. The third kappa shape index (κ3) is 2.21. The summed E-state index contributed by atoms with van der Waals surface area (Å²) >= 11 is 0. The maximum atomic E-state index is 7.67. The highest BCUT2D eigenvalue weighted by atomic mass is 16.5. The largest absolute Gasteiger partial charge is 0.458 e. The first-order chi connectivity index (χ1) is 5.75. The molecule has 1 atom stereocenters. The molecule has 13 heavy (non-hydrogen) atoms. The summed E-state index contributed by atoms with van der Waals surface area (Å²) in [5.74, 6) is 0.912. The first-order valence-corrected chi connectivity index (χ1v) is 4.82. The van der Waals surface area contributed by atoms with E-state index in [-0.39, 0.29) is 11.3 Å². The summed E-state index contributed by atoms with van der Waals surface area (Å²) < 4.78 is 5.55. The Hall–Kier alpha value is -0.570. The number of ether oxygens (including phenoxy) is 1. The van der Waals surface area contributed by atoms with Gasteiger partial charge in [-0.15, -0.1) is 0 Å². The molecule has 0 bridgehead atoms. The molecule has 0 aromatic carbocycles. The molecule has 0 aliphatic carbocycles. The van der Waals surface area contributed by atoms with E-state index in [1.165, 1.54) is 0 Å². The van der Waals surface area contributed by atoms with Gasteiger partial charge < -0.3 is 4.74 Å². The zero-order chi connectivity index (χ0) is 10.3. The fraction of sp³-hybridized carbons (Fsp3) is 0.900. The molecule has 1 aliphatic rings. The molecule has 1 heterocycles. The minimum atomic E-state index is -0.352. The van der Waals surface area contributed by atoms with Crippen LogP contribution in [0, 0.1) is 11.3 Å². The Kier molecular flexibility index (Phi) is 2.41. The third-order valence-electron chi connectivity index (χ3n) is 2.27. The van der Waals surface area contributed by atoms with Gasteiger partial charge in [0.25, 0.3) is 0 Å². The van der Waals surface area contributed by atoms with Gasteiger partial charge in [-0.3, -0.25) is 10.7 Å². The Morgan fingerprint density at radius 1 is 1.38 bits per heavy atom.